The van der Waals surface area contributed by atoms with Crippen molar-refractivity contribution in [3.63, 3.8) is 0 Å². The van der Waals surface area contributed by atoms with E-state index in [2.05, 4.69) is 5.32 Å². The number of imide groups is 1. The molecule has 2 fully saturated rings. The van der Waals surface area contributed by atoms with Crippen LogP contribution in [-0.4, -0.2) is 41.9 Å². The van der Waals surface area contributed by atoms with E-state index in [9.17, 15) is 14.4 Å². The van der Waals surface area contributed by atoms with Crippen LogP contribution in [0.25, 0.3) is 0 Å². The van der Waals surface area contributed by atoms with Crippen LogP contribution in [0.1, 0.15) is 25.5 Å². The van der Waals surface area contributed by atoms with Gasteiger partial charge in [0, 0.05) is 13.1 Å². The van der Waals surface area contributed by atoms with Crippen LogP contribution in [0.3, 0.4) is 0 Å². The van der Waals surface area contributed by atoms with Gasteiger partial charge in [0.25, 0.3) is 0 Å². The van der Waals surface area contributed by atoms with Crippen molar-refractivity contribution in [3.05, 3.63) is 60.2 Å². The number of hydrogen-bond donors (Lipinski definition) is 1. The van der Waals surface area contributed by atoms with E-state index in [4.69, 9.17) is 4.74 Å². The van der Waals surface area contributed by atoms with E-state index in [0.717, 1.165) is 10.5 Å². The zero-order valence-corrected chi connectivity index (χ0v) is 17.2. The monoisotopic (exact) mass is 424 g/mol. The summed E-state index contributed by atoms with van der Waals surface area (Å²) in [6, 6.07) is 17.2. The van der Waals surface area contributed by atoms with Crippen LogP contribution in [-0.2, 0) is 36.2 Å². The maximum absolute atomic E-state index is 12.5. The molecule has 2 aromatic carbocycles. The molecule has 0 aromatic heterocycles. The van der Waals surface area contributed by atoms with Gasteiger partial charge in [-0.1, -0.05) is 0 Å². The van der Waals surface area contributed by atoms with Gasteiger partial charge in [-0.2, -0.15) is 30.3 Å². The quantitative estimate of drug-likeness (QED) is 0.353. The molecule has 4 atom stereocenters. The second kappa shape index (κ2) is 8.86. The Kier molecular flexibility index (Phi) is 6.99. The average molecular weight is 424 g/mol. The largest absolute Gasteiger partial charge is 2.00 e. The number of hydrogen-bond acceptors (Lipinski definition) is 5. The van der Waals surface area contributed by atoms with Crippen molar-refractivity contribution in [3.8, 4) is 0 Å². The average Bonchev–Trinajstić information content (AvgIpc) is 3.42. The molecule has 150 valence electrons. The van der Waals surface area contributed by atoms with E-state index in [0.29, 0.717) is 0 Å². The first kappa shape index (κ1) is 22.1. The van der Waals surface area contributed by atoms with Crippen molar-refractivity contribution in [2.24, 2.45) is 11.8 Å². The first-order valence-corrected chi connectivity index (χ1v) is 9.06. The number of nitrogens with one attached hydrogen (secondary N) is 1. The molecular weight excluding hydrogens is 400 g/mol. The first-order chi connectivity index (χ1) is 12.9. The first-order valence-electron chi connectivity index (χ1n) is 9.06. The summed E-state index contributed by atoms with van der Waals surface area (Å²) in [7, 11) is 1.47. The van der Waals surface area contributed by atoms with E-state index in [-0.39, 0.29) is 41.5 Å². The Morgan fingerprint density at radius 3 is 2.32 bits per heavy atom. The third kappa shape index (κ3) is 3.70. The summed E-state index contributed by atoms with van der Waals surface area (Å²) in [4.78, 5) is 38.5. The number of carbonyl (C=O) groups is 3. The van der Waals surface area contributed by atoms with Gasteiger partial charge in [-0.05, 0) is 13.8 Å². The fourth-order valence-corrected chi connectivity index (χ4v) is 3.96. The van der Waals surface area contributed by atoms with E-state index in [1.54, 1.807) is 13.8 Å². The molecule has 4 rings (SSSR count). The van der Waals surface area contributed by atoms with Crippen molar-refractivity contribution in [2.45, 2.75) is 25.4 Å². The molecule has 7 heteroatoms. The van der Waals surface area contributed by atoms with E-state index in [1.807, 2.05) is 54.6 Å². The molecule has 0 saturated carbocycles. The number of likely N-dealkylation sites (tertiary alicyclic amines) is 1. The van der Waals surface area contributed by atoms with Gasteiger partial charge in [-0.15, -0.1) is 5.56 Å². The van der Waals surface area contributed by atoms with Crippen LogP contribution in [0.4, 0.5) is 0 Å². The van der Waals surface area contributed by atoms with Crippen LogP contribution in [0.2, 0.25) is 0 Å². The minimum atomic E-state index is -1.19. The van der Waals surface area contributed by atoms with Crippen molar-refractivity contribution in [1.82, 2.24) is 10.2 Å². The van der Waals surface area contributed by atoms with E-state index < -0.39 is 23.3 Å². The van der Waals surface area contributed by atoms with Gasteiger partial charge in [-0.3, -0.25) is 19.3 Å². The minimum absolute atomic E-state index is 0. The van der Waals surface area contributed by atoms with Crippen LogP contribution >= 0.6 is 0 Å². The van der Waals surface area contributed by atoms with E-state index >= 15 is 0 Å². The number of amides is 2. The predicted molar refractivity (Wildman–Crippen MR) is 99.7 cm³/mol. The number of esters is 1. The van der Waals surface area contributed by atoms with Gasteiger partial charge in [0.2, 0.25) is 11.8 Å². The van der Waals surface area contributed by atoms with Crippen molar-refractivity contribution < 1.29 is 36.2 Å². The Morgan fingerprint density at radius 1 is 1.21 bits per heavy atom. The summed E-state index contributed by atoms with van der Waals surface area (Å²) in [5.74, 6) is -2.37. The van der Waals surface area contributed by atoms with Gasteiger partial charge in [0.15, 0.2) is 0 Å². The summed E-state index contributed by atoms with van der Waals surface area (Å²) in [5, 5.41) is 3.19. The number of ether oxygens (including phenoxy) is 1. The molecule has 2 amide bonds. The zero-order chi connectivity index (χ0) is 19.6. The summed E-state index contributed by atoms with van der Waals surface area (Å²) in [6.07, 6.45) is 0. The van der Waals surface area contributed by atoms with Gasteiger partial charge < -0.3 is 10.1 Å². The summed E-state index contributed by atoms with van der Waals surface area (Å²) in [6.45, 7) is 3.60. The van der Waals surface area contributed by atoms with Gasteiger partial charge in [0.1, 0.15) is 5.54 Å². The normalized spacial score (nSPS) is 28.2. The molecule has 6 nitrogen and oxygen atoms in total. The smallest absolute Gasteiger partial charge is 0.465 e. The van der Waals surface area contributed by atoms with Crippen LogP contribution in [0, 0.1) is 11.8 Å². The number of fused-ring (bicyclic) bond motifs is 1. The Balaban J connectivity index is 0.000000408. The molecular formula is C21H24FeN2O4. The third-order valence-corrected chi connectivity index (χ3v) is 5.31. The van der Waals surface area contributed by atoms with E-state index in [1.165, 1.54) is 7.05 Å². The molecule has 28 heavy (non-hydrogen) atoms. The van der Waals surface area contributed by atoms with Gasteiger partial charge >= 0.3 is 23.0 Å². The molecule has 1 N–H and O–H groups in total. The molecule has 0 aliphatic carbocycles. The third-order valence-electron chi connectivity index (χ3n) is 5.31. The fourth-order valence-electron chi connectivity index (χ4n) is 3.96. The summed E-state index contributed by atoms with van der Waals surface area (Å²) in [5.41, 5.74) is -0.292. The van der Waals surface area contributed by atoms with Crippen LogP contribution in [0.15, 0.2) is 54.6 Å². The Hall–Kier alpha value is -2.21. The molecule has 0 spiro atoms. The zero-order valence-electron chi connectivity index (χ0n) is 16.1. The van der Waals surface area contributed by atoms with Crippen LogP contribution < -0.4 is 5.32 Å². The van der Waals surface area contributed by atoms with Crippen molar-refractivity contribution >= 4 is 17.8 Å². The van der Waals surface area contributed by atoms with Crippen molar-refractivity contribution in [2.75, 3.05) is 13.7 Å². The topological polar surface area (TPSA) is 75.7 Å². The second-order valence-corrected chi connectivity index (χ2v) is 6.96. The van der Waals surface area contributed by atoms with Crippen molar-refractivity contribution in [1.29, 1.82) is 0 Å². The number of carbonyl (C=O) groups excluding carboxylic acids is 3. The summed E-state index contributed by atoms with van der Waals surface area (Å²) < 4.78 is 5.14. The number of rotatable bonds is 3. The molecule has 2 aliphatic heterocycles. The van der Waals surface area contributed by atoms with Gasteiger partial charge in [0.05, 0.1) is 18.4 Å². The molecule has 2 heterocycles. The minimum Gasteiger partial charge on any atom is -0.465 e. The Morgan fingerprint density at radius 2 is 1.82 bits per heavy atom. The molecule has 0 radical (unpaired) electrons. The standard InChI is InChI=1S/C16H19N2O4.C5H5.Fe/c1-4-22-15(21)16(2)11-10(13(19)18(3)14(11)20)12(17-16)9-7-5-6-8-9;1-2-4-5-3-1;/h5-8,10-12,17H,4H2,1-3H3;1-5H;/q2*-1;+2. The second-order valence-electron chi connectivity index (χ2n) is 6.96. The van der Waals surface area contributed by atoms with Gasteiger partial charge in [-0.25, -0.2) is 24.3 Å². The maximum Gasteiger partial charge on any atom is 2.00 e. The van der Waals surface area contributed by atoms with Crippen LogP contribution in [0.5, 0.6) is 0 Å². The maximum atomic E-state index is 12.5. The molecule has 2 saturated heterocycles. The molecule has 0 bridgehead atoms. The molecule has 2 aromatic rings. The Bertz CT molecular complexity index is 785. The SMILES string of the molecule is CCOC(=O)C1(C)NC([c-]2cccc2)C2C(=O)N(C)C(=O)C21.[Fe+2].c1cc[cH-]c1. The Labute approximate surface area is 175 Å². The molecule has 2 aliphatic rings. The fraction of sp³-hybridized carbons (Fsp3) is 0.381. The number of nitrogens with zero attached hydrogens (tertiary/aromatic N) is 1. The predicted octanol–water partition coefficient (Wildman–Crippen LogP) is 2.01. The summed E-state index contributed by atoms with van der Waals surface area (Å²) >= 11 is 0. The molecule has 4 unspecified atom stereocenters.